The summed E-state index contributed by atoms with van der Waals surface area (Å²) in [4.78, 5) is 61.2. The first-order chi connectivity index (χ1) is 19.8. The van der Waals surface area contributed by atoms with E-state index in [-0.39, 0.29) is 43.1 Å². The zero-order chi connectivity index (χ0) is 29.2. The molecule has 1 saturated heterocycles. The first-order valence-corrected chi connectivity index (χ1v) is 14.0. The summed E-state index contributed by atoms with van der Waals surface area (Å²) in [5.41, 5.74) is 8.26. The number of hydrogen-bond acceptors (Lipinski definition) is 7. The molecule has 2 aromatic carbocycles. The molecule has 1 unspecified atom stereocenters. The third kappa shape index (κ3) is 8.37. The van der Waals surface area contributed by atoms with Crippen LogP contribution in [0.25, 0.3) is 0 Å². The van der Waals surface area contributed by atoms with Crippen molar-refractivity contribution in [1.82, 2.24) is 20.9 Å². The summed E-state index contributed by atoms with van der Waals surface area (Å²) in [7, 11) is 0. The molecule has 1 fully saturated rings. The summed E-state index contributed by atoms with van der Waals surface area (Å²) in [5, 5.41) is 8.35. The SMILES string of the molecule is NC(=O)CCCCCCNCC(=O)NCc1ccc(COc2cccc3c2CN(C2CCC(=O)NC2=O)C3=O)cc1. The Kier molecular flexibility index (Phi) is 10.4. The molecule has 0 radical (unpaired) electrons. The number of imide groups is 1. The van der Waals surface area contributed by atoms with Crippen LogP contribution in [0.5, 0.6) is 5.75 Å². The van der Waals surface area contributed by atoms with Crippen molar-refractivity contribution in [3.8, 4) is 5.75 Å². The van der Waals surface area contributed by atoms with Gasteiger partial charge in [-0.2, -0.15) is 0 Å². The van der Waals surface area contributed by atoms with Gasteiger partial charge in [0.05, 0.1) is 13.1 Å². The second-order valence-corrected chi connectivity index (χ2v) is 10.4. The van der Waals surface area contributed by atoms with Gasteiger partial charge in [-0.25, -0.2) is 0 Å². The number of ether oxygens (including phenoxy) is 1. The number of amides is 5. The number of fused-ring (bicyclic) bond motifs is 1. The Morgan fingerprint density at radius 2 is 1.76 bits per heavy atom. The third-order valence-electron chi connectivity index (χ3n) is 7.26. The maximum atomic E-state index is 13.0. The van der Waals surface area contributed by atoms with Crippen LogP contribution in [-0.4, -0.2) is 53.6 Å². The third-order valence-corrected chi connectivity index (χ3v) is 7.26. The van der Waals surface area contributed by atoms with Crippen LogP contribution in [0.4, 0.5) is 0 Å². The number of nitrogens with one attached hydrogen (secondary N) is 3. The standard InChI is InChI=1S/C30H37N5O6/c31-26(36)8-3-1-2-4-15-32-17-28(38)33-16-20-9-11-21(12-10-20)19-41-25-7-5-6-22-23(25)18-35(30(22)40)24-13-14-27(37)34-29(24)39/h5-7,9-12,24,32H,1-4,8,13-19H2,(H2,31,36)(H,33,38)(H,34,37,39). The van der Waals surface area contributed by atoms with Crippen LogP contribution in [0.1, 0.15) is 72.0 Å². The number of carbonyl (C=O) groups is 5. The predicted molar refractivity (Wildman–Crippen MR) is 150 cm³/mol. The fourth-order valence-electron chi connectivity index (χ4n) is 4.97. The van der Waals surface area contributed by atoms with Gasteiger partial charge in [0.2, 0.25) is 23.6 Å². The molecule has 2 aromatic rings. The van der Waals surface area contributed by atoms with E-state index in [1.165, 1.54) is 4.90 Å². The fraction of sp³-hybridized carbons (Fsp3) is 0.433. The second-order valence-electron chi connectivity index (χ2n) is 10.4. The summed E-state index contributed by atoms with van der Waals surface area (Å²) in [6.07, 6.45) is 4.63. The van der Waals surface area contributed by atoms with Gasteiger partial charge in [0.1, 0.15) is 18.4 Å². The quantitative estimate of drug-likeness (QED) is 0.189. The number of piperidine rings is 1. The van der Waals surface area contributed by atoms with Gasteiger partial charge in [0, 0.05) is 30.5 Å². The Hall–Kier alpha value is -4.25. The number of unbranched alkanes of at least 4 members (excludes halogenated alkanes) is 3. The van der Waals surface area contributed by atoms with Crippen LogP contribution in [0, 0.1) is 0 Å². The first-order valence-electron chi connectivity index (χ1n) is 14.0. The van der Waals surface area contributed by atoms with E-state index in [0.29, 0.717) is 37.3 Å². The molecular weight excluding hydrogens is 526 g/mol. The minimum absolute atomic E-state index is 0.0787. The topological polar surface area (TPSA) is 160 Å². The summed E-state index contributed by atoms with van der Waals surface area (Å²) in [6.45, 7) is 1.95. The van der Waals surface area contributed by atoms with Crippen LogP contribution in [-0.2, 0) is 38.9 Å². The smallest absolute Gasteiger partial charge is 0.255 e. The van der Waals surface area contributed by atoms with Crippen molar-refractivity contribution in [1.29, 1.82) is 0 Å². The molecule has 11 nitrogen and oxygen atoms in total. The van der Waals surface area contributed by atoms with Crippen molar-refractivity contribution in [3.63, 3.8) is 0 Å². The lowest BCUT2D eigenvalue weighted by Crippen LogP contribution is -2.52. The van der Waals surface area contributed by atoms with Crippen LogP contribution in [0.3, 0.4) is 0 Å². The van der Waals surface area contributed by atoms with Crippen LogP contribution in [0.2, 0.25) is 0 Å². The first kappa shape index (κ1) is 29.7. The molecule has 0 spiro atoms. The zero-order valence-corrected chi connectivity index (χ0v) is 23.1. The highest BCUT2D eigenvalue weighted by Gasteiger charge is 2.40. The highest BCUT2D eigenvalue weighted by atomic mass is 16.5. The van der Waals surface area contributed by atoms with Crippen molar-refractivity contribution >= 4 is 29.5 Å². The average Bonchev–Trinajstić information content (AvgIpc) is 3.29. The molecular formula is C30H37N5O6. The van der Waals surface area contributed by atoms with Gasteiger partial charge in [0.25, 0.3) is 5.91 Å². The van der Waals surface area contributed by atoms with Gasteiger partial charge in [-0.1, -0.05) is 43.2 Å². The Morgan fingerprint density at radius 1 is 1.00 bits per heavy atom. The molecule has 2 heterocycles. The fourth-order valence-corrected chi connectivity index (χ4v) is 4.97. The monoisotopic (exact) mass is 563 g/mol. The Labute approximate surface area is 239 Å². The van der Waals surface area contributed by atoms with Crippen molar-refractivity contribution < 1.29 is 28.7 Å². The summed E-state index contributed by atoms with van der Waals surface area (Å²) in [5.74, 6) is -0.757. The van der Waals surface area contributed by atoms with E-state index < -0.39 is 11.9 Å². The maximum Gasteiger partial charge on any atom is 0.255 e. The lowest BCUT2D eigenvalue weighted by Gasteiger charge is -2.29. The normalized spacial score (nSPS) is 16.3. The molecule has 218 valence electrons. The van der Waals surface area contributed by atoms with Gasteiger partial charge in [-0.3, -0.25) is 29.3 Å². The van der Waals surface area contributed by atoms with E-state index in [1.54, 1.807) is 12.1 Å². The van der Waals surface area contributed by atoms with Gasteiger partial charge in [-0.05, 0) is 49.1 Å². The lowest BCUT2D eigenvalue weighted by molar-refractivity contribution is -0.137. The summed E-state index contributed by atoms with van der Waals surface area (Å²) >= 11 is 0. The molecule has 2 aliphatic rings. The molecule has 11 heteroatoms. The summed E-state index contributed by atoms with van der Waals surface area (Å²) < 4.78 is 6.06. The van der Waals surface area contributed by atoms with Crippen LogP contribution in [0.15, 0.2) is 42.5 Å². The van der Waals surface area contributed by atoms with Gasteiger partial charge in [0.15, 0.2) is 0 Å². The predicted octanol–water partition coefficient (Wildman–Crippen LogP) is 1.67. The number of nitrogens with zero attached hydrogens (tertiary/aromatic N) is 1. The number of nitrogens with two attached hydrogens (primary N) is 1. The minimum atomic E-state index is -0.671. The molecule has 2 aliphatic heterocycles. The number of rotatable bonds is 15. The van der Waals surface area contributed by atoms with Crippen molar-refractivity contribution in [3.05, 3.63) is 64.7 Å². The molecule has 0 aromatic heterocycles. The highest BCUT2D eigenvalue weighted by Crippen LogP contribution is 2.34. The molecule has 41 heavy (non-hydrogen) atoms. The van der Waals surface area contributed by atoms with E-state index in [0.717, 1.165) is 48.9 Å². The average molecular weight is 564 g/mol. The molecule has 5 amide bonds. The number of benzene rings is 2. The number of primary amides is 1. The minimum Gasteiger partial charge on any atom is -0.489 e. The van der Waals surface area contributed by atoms with E-state index in [9.17, 15) is 24.0 Å². The lowest BCUT2D eigenvalue weighted by atomic mass is 10.0. The molecule has 1 atom stereocenters. The van der Waals surface area contributed by atoms with Crippen LogP contribution < -0.4 is 26.4 Å². The van der Waals surface area contributed by atoms with E-state index >= 15 is 0 Å². The molecule has 4 rings (SSSR count). The second kappa shape index (κ2) is 14.4. The Bertz CT molecular complexity index is 1280. The van der Waals surface area contributed by atoms with E-state index in [4.69, 9.17) is 10.5 Å². The van der Waals surface area contributed by atoms with Crippen LogP contribution >= 0.6 is 0 Å². The van der Waals surface area contributed by atoms with Gasteiger partial charge < -0.3 is 26.0 Å². The maximum absolute atomic E-state index is 13.0. The highest BCUT2D eigenvalue weighted by molar-refractivity contribution is 6.05. The molecule has 0 saturated carbocycles. The van der Waals surface area contributed by atoms with Crippen molar-refractivity contribution in [2.75, 3.05) is 13.1 Å². The van der Waals surface area contributed by atoms with E-state index in [1.807, 2.05) is 30.3 Å². The zero-order valence-electron chi connectivity index (χ0n) is 23.1. The number of carbonyl (C=O) groups excluding carboxylic acids is 5. The molecule has 0 aliphatic carbocycles. The Morgan fingerprint density at radius 3 is 2.51 bits per heavy atom. The van der Waals surface area contributed by atoms with E-state index in [2.05, 4.69) is 16.0 Å². The Balaban J connectivity index is 1.18. The van der Waals surface area contributed by atoms with Gasteiger partial charge >= 0.3 is 0 Å². The molecule has 5 N–H and O–H groups in total. The summed E-state index contributed by atoms with van der Waals surface area (Å²) in [6, 6.07) is 12.4. The van der Waals surface area contributed by atoms with Gasteiger partial charge in [-0.15, -0.1) is 0 Å². The largest absolute Gasteiger partial charge is 0.489 e. The van der Waals surface area contributed by atoms with Crippen molar-refractivity contribution in [2.24, 2.45) is 5.73 Å². The number of hydrogen-bond donors (Lipinski definition) is 4. The van der Waals surface area contributed by atoms with Crippen molar-refractivity contribution in [2.45, 2.75) is 70.7 Å². The molecule has 0 bridgehead atoms.